The van der Waals surface area contributed by atoms with E-state index in [9.17, 15) is 0 Å². The molecule has 0 amide bonds. The minimum absolute atomic E-state index is 0.637. The Labute approximate surface area is 128 Å². The van der Waals surface area contributed by atoms with Gasteiger partial charge >= 0.3 is 0 Å². The van der Waals surface area contributed by atoms with Crippen LogP contribution in [0.15, 0.2) is 18.2 Å². The molecule has 2 fully saturated rings. The van der Waals surface area contributed by atoms with E-state index in [2.05, 4.69) is 17.4 Å². The SMILES string of the molecule is COc1cc(OC)cc(C2CCNCC2C2CCCC2)c1. The van der Waals surface area contributed by atoms with Crippen LogP contribution in [0.3, 0.4) is 0 Å². The van der Waals surface area contributed by atoms with Crippen LogP contribution in [0.25, 0.3) is 0 Å². The fraction of sp³-hybridized carbons (Fsp3) is 0.667. The van der Waals surface area contributed by atoms with Gasteiger partial charge in [-0.3, -0.25) is 0 Å². The molecule has 3 heteroatoms. The summed E-state index contributed by atoms with van der Waals surface area (Å²) in [4.78, 5) is 0. The van der Waals surface area contributed by atoms with Gasteiger partial charge in [-0.1, -0.05) is 25.7 Å². The van der Waals surface area contributed by atoms with Gasteiger partial charge in [0.2, 0.25) is 0 Å². The first-order valence-corrected chi connectivity index (χ1v) is 8.25. The highest BCUT2D eigenvalue weighted by atomic mass is 16.5. The first-order chi connectivity index (χ1) is 10.3. The van der Waals surface area contributed by atoms with Crippen LogP contribution in [0.2, 0.25) is 0 Å². The second-order valence-electron chi connectivity index (χ2n) is 6.45. The maximum atomic E-state index is 5.45. The maximum absolute atomic E-state index is 5.45. The van der Waals surface area contributed by atoms with Gasteiger partial charge in [0.15, 0.2) is 0 Å². The van der Waals surface area contributed by atoms with Gasteiger partial charge in [-0.05, 0) is 55.0 Å². The Balaban J connectivity index is 1.88. The molecular formula is C18H27NO2. The third-order valence-corrected chi connectivity index (χ3v) is 5.34. The van der Waals surface area contributed by atoms with Crippen LogP contribution in [-0.2, 0) is 0 Å². The molecule has 0 bridgehead atoms. The zero-order valence-corrected chi connectivity index (χ0v) is 13.2. The highest BCUT2D eigenvalue weighted by Crippen LogP contribution is 2.43. The van der Waals surface area contributed by atoms with E-state index in [0.717, 1.165) is 36.4 Å². The van der Waals surface area contributed by atoms with E-state index in [4.69, 9.17) is 9.47 Å². The zero-order chi connectivity index (χ0) is 14.7. The molecule has 1 saturated heterocycles. The Morgan fingerprint density at radius 1 is 0.952 bits per heavy atom. The molecule has 1 aliphatic heterocycles. The maximum Gasteiger partial charge on any atom is 0.122 e. The minimum Gasteiger partial charge on any atom is -0.497 e. The zero-order valence-electron chi connectivity index (χ0n) is 13.2. The standard InChI is InChI=1S/C18H27NO2/c1-20-15-9-14(10-16(11-15)21-2)17-7-8-19-12-18(17)13-5-3-4-6-13/h9-11,13,17-19H,3-8,12H2,1-2H3. The molecule has 2 aliphatic rings. The molecule has 1 N–H and O–H groups in total. The number of nitrogens with one attached hydrogen (secondary N) is 1. The Hall–Kier alpha value is -1.22. The minimum atomic E-state index is 0.637. The lowest BCUT2D eigenvalue weighted by Gasteiger charge is -2.36. The lowest BCUT2D eigenvalue weighted by atomic mass is 9.73. The third kappa shape index (κ3) is 3.18. The number of piperidine rings is 1. The summed E-state index contributed by atoms with van der Waals surface area (Å²) in [6.45, 7) is 2.28. The molecule has 21 heavy (non-hydrogen) atoms. The second kappa shape index (κ2) is 6.69. The van der Waals surface area contributed by atoms with Crippen LogP contribution < -0.4 is 14.8 Å². The molecule has 3 rings (SSSR count). The van der Waals surface area contributed by atoms with Crippen molar-refractivity contribution >= 4 is 0 Å². The molecule has 1 aliphatic carbocycles. The smallest absolute Gasteiger partial charge is 0.122 e. The Kier molecular flexibility index (Phi) is 4.69. The summed E-state index contributed by atoms with van der Waals surface area (Å²) >= 11 is 0. The van der Waals surface area contributed by atoms with Crippen LogP contribution in [0, 0.1) is 11.8 Å². The van der Waals surface area contributed by atoms with E-state index < -0.39 is 0 Å². The van der Waals surface area contributed by atoms with Gasteiger partial charge < -0.3 is 14.8 Å². The van der Waals surface area contributed by atoms with Crippen molar-refractivity contribution in [1.29, 1.82) is 0 Å². The van der Waals surface area contributed by atoms with Crippen molar-refractivity contribution in [2.24, 2.45) is 11.8 Å². The molecule has 2 atom stereocenters. The predicted octanol–water partition coefficient (Wildman–Crippen LogP) is 3.59. The molecule has 2 unspecified atom stereocenters. The number of methoxy groups -OCH3 is 2. The quantitative estimate of drug-likeness (QED) is 0.919. The highest BCUT2D eigenvalue weighted by Gasteiger charge is 2.34. The number of benzene rings is 1. The molecule has 1 aromatic rings. The highest BCUT2D eigenvalue weighted by molar-refractivity contribution is 5.40. The fourth-order valence-electron chi connectivity index (χ4n) is 4.22. The second-order valence-corrected chi connectivity index (χ2v) is 6.45. The lowest BCUT2D eigenvalue weighted by molar-refractivity contribution is 0.230. The van der Waals surface area contributed by atoms with Gasteiger partial charge in [0, 0.05) is 6.07 Å². The van der Waals surface area contributed by atoms with Crippen molar-refractivity contribution in [1.82, 2.24) is 5.32 Å². The van der Waals surface area contributed by atoms with E-state index in [1.807, 2.05) is 6.07 Å². The number of rotatable bonds is 4. The molecule has 3 nitrogen and oxygen atoms in total. The van der Waals surface area contributed by atoms with Gasteiger partial charge in [-0.15, -0.1) is 0 Å². The van der Waals surface area contributed by atoms with Crippen molar-refractivity contribution in [2.75, 3.05) is 27.3 Å². The van der Waals surface area contributed by atoms with E-state index >= 15 is 0 Å². The van der Waals surface area contributed by atoms with E-state index in [1.54, 1.807) is 14.2 Å². The normalized spacial score (nSPS) is 26.8. The molecule has 1 saturated carbocycles. The molecule has 0 spiro atoms. The lowest BCUT2D eigenvalue weighted by Crippen LogP contribution is -2.38. The average molecular weight is 289 g/mol. The summed E-state index contributed by atoms with van der Waals surface area (Å²) < 4.78 is 10.9. The van der Waals surface area contributed by atoms with Crippen molar-refractivity contribution in [2.45, 2.75) is 38.0 Å². The summed E-state index contributed by atoms with van der Waals surface area (Å²) in [7, 11) is 3.46. The summed E-state index contributed by atoms with van der Waals surface area (Å²) in [6, 6.07) is 6.38. The molecule has 0 aromatic heterocycles. The van der Waals surface area contributed by atoms with Crippen molar-refractivity contribution in [3.8, 4) is 11.5 Å². The fourth-order valence-corrected chi connectivity index (χ4v) is 4.22. The van der Waals surface area contributed by atoms with Crippen LogP contribution in [-0.4, -0.2) is 27.3 Å². The van der Waals surface area contributed by atoms with Gasteiger partial charge in [0.1, 0.15) is 11.5 Å². The molecule has 1 aromatic carbocycles. The molecule has 116 valence electrons. The number of hydrogen-bond donors (Lipinski definition) is 1. The van der Waals surface area contributed by atoms with Crippen molar-refractivity contribution < 1.29 is 9.47 Å². The predicted molar refractivity (Wildman–Crippen MR) is 85.2 cm³/mol. The summed E-state index contributed by atoms with van der Waals surface area (Å²) in [5, 5.41) is 3.61. The van der Waals surface area contributed by atoms with Gasteiger partial charge in [0.25, 0.3) is 0 Å². The summed E-state index contributed by atoms with van der Waals surface area (Å²) in [5.74, 6) is 4.11. The van der Waals surface area contributed by atoms with Gasteiger partial charge in [0.05, 0.1) is 14.2 Å². The van der Waals surface area contributed by atoms with Gasteiger partial charge in [-0.25, -0.2) is 0 Å². The summed E-state index contributed by atoms with van der Waals surface area (Å²) in [6.07, 6.45) is 6.86. The van der Waals surface area contributed by atoms with E-state index in [-0.39, 0.29) is 0 Å². The van der Waals surface area contributed by atoms with E-state index in [1.165, 1.54) is 37.7 Å². The monoisotopic (exact) mass is 289 g/mol. The third-order valence-electron chi connectivity index (χ3n) is 5.34. The van der Waals surface area contributed by atoms with Crippen molar-refractivity contribution in [3.05, 3.63) is 23.8 Å². The molecule has 1 heterocycles. The number of ether oxygens (including phenoxy) is 2. The Bertz CT molecular complexity index is 446. The summed E-state index contributed by atoms with van der Waals surface area (Å²) in [5.41, 5.74) is 1.39. The van der Waals surface area contributed by atoms with Crippen LogP contribution in [0.4, 0.5) is 0 Å². The Morgan fingerprint density at radius 2 is 1.62 bits per heavy atom. The first-order valence-electron chi connectivity index (χ1n) is 8.25. The van der Waals surface area contributed by atoms with Crippen LogP contribution >= 0.6 is 0 Å². The van der Waals surface area contributed by atoms with Crippen molar-refractivity contribution in [3.63, 3.8) is 0 Å². The average Bonchev–Trinajstić information content (AvgIpc) is 3.08. The van der Waals surface area contributed by atoms with Crippen LogP contribution in [0.5, 0.6) is 11.5 Å². The van der Waals surface area contributed by atoms with Crippen LogP contribution in [0.1, 0.15) is 43.6 Å². The largest absolute Gasteiger partial charge is 0.497 e. The first kappa shape index (κ1) is 14.7. The Morgan fingerprint density at radius 3 is 2.24 bits per heavy atom. The molecule has 0 radical (unpaired) electrons. The topological polar surface area (TPSA) is 30.5 Å². The number of hydrogen-bond acceptors (Lipinski definition) is 3. The molecular weight excluding hydrogens is 262 g/mol. The van der Waals surface area contributed by atoms with Gasteiger partial charge in [-0.2, -0.15) is 0 Å². The van der Waals surface area contributed by atoms with E-state index in [0.29, 0.717) is 5.92 Å².